The van der Waals surface area contributed by atoms with Crippen molar-refractivity contribution in [2.45, 2.75) is 33.4 Å². The van der Waals surface area contributed by atoms with E-state index in [-0.39, 0.29) is 0 Å². The SMILES string of the molecule is CC=CCOc1cc(CNC(C)C)nc2ccccc12. The molecule has 2 aromatic rings. The van der Waals surface area contributed by atoms with Gasteiger partial charge in [0.25, 0.3) is 0 Å². The summed E-state index contributed by atoms with van der Waals surface area (Å²) in [5.41, 5.74) is 1.99. The highest BCUT2D eigenvalue weighted by atomic mass is 16.5. The zero-order valence-electron chi connectivity index (χ0n) is 12.4. The van der Waals surface area contributed by atoms with Crippen LogP contribution in [0.1, 0.15) is 26.5 Å². The Morgan fingerprint density at radius 3 is 2.85 bits per heavy atom. The largest absolute Gasteiger partial charge is 0.489 e. The number of para-hydroxylation sites is 1. The van der Waals surface area contributed by atoms with Crippen LogP contribution >= 0.6 is 0 Å². The van der Waals surface area contributed by atoms with Gasteiger partial charge in [-0.15, -0.1) is 0 Å². The molecule has 1 heterocycles. The quantitative estimate of drug-likeness (QED) is 0.813. The van der Waals surface area contributed by atoms with Crippen molar-refractivity contribution in [3.8, 4) is 5.75 Å². The van der Waals surface area contributed by atoms with E-state index in [1.165, 1.54) is 0 Å². The van der Waals surface area contributed by atoms with Gasteiger partial charge in [-0.3, -0.25) is 4.98 Å². The van der Waals surface area contributed by atoms with Crippen molar-refractivity contribution in [2.75, 3.05) is 6.61 Å². The molecule has 0 saturated heterocycles. The molecule has 106 valence electrons. The molecule has 20 heavy (non-hydrogen) atoms. The van der Waals surface area contributed by atoms with Gasteiger partial charge >= 0.3 is 0 Å². The average molecular weight is 270 g/mol. The molecule has 0 fully saturated rings. The maximum atomic E-state index is 5.85. The molecule has 0 radical (unpaired) electrons. The lowest BCUT2D eigenvalue weighted by molar-refractivity contribution is 0.366. The fraction of sp³-hybridized carbons (Fsp3) is 0.353. The van der Waals surface area contributed by atoms with Crippen LogP contribution in [0.3, 0.4) is 0 Å². The molecule has 0 amide bonds. The third kappa shape index (κ3) is 3.81. The number of pyridine rings is 1. The zero-order chi connectivity index (χ0) is 14.4. The number of nitrogens with one attached hydrogen (secondary N) is 1. The number of benzene rings is 1. The molecule has 3 heteroatoms. The summed E-state index contributed by atoms with van der Waals surface area (Å²) in [4.78, 5) is 4.68. The van der Waals surface area contributed by atoms with Crippen molar-refractivity contribution in [3.63, 3.8) is 0 Å². The molecule has 0 saturated carbocycles. The fourth-order valence-electron chi connectivity index (χ4n) is 1.95. The van der Waals surface area contributed by atoms with Crippen LogP contribution in [-0.2, 0) is 6.54 Å². The molecule has 0 atom stereocenters. The number of allylic oxidation sites excluding steroid dienone is 1. The van der Waals surface area contributed by atoms with Crippen molar-refractivity contribution in [2.24, 2.45) is 0 Å². The molecular formula is C17H22N2O. The molecule has 0 bridgehead atoms. The second kappa shape index (κ2) is 7.06. The van der Waals surface area contributed by atoms with Crippen LogP contribution in [-0.4, -0.2) is 17.6 Å². The lowest BCUT2D eigenvalue weighted by Crippen LogP contribution is -2.22. The molecule has 1 aromatic carbocycles. The van der Waals surface area contributed by atoms with Crippen LogP contribution in [0.4, 0.5) is 0 Å². The number of nitrogens with zero attached hydrogens (tertiary/aromatic N) is 1. The first-order chi connectivity index (χ1) is 9.70. The minimum atomic E-state index is 0.440. The van der Waals surface area contributed by atoms with E-state index in [1.54, 1.807) is 0 Å². The van der Waals surface area contributed by atoms with E-state index in [1.807, 2.05) is 49.4 Å². The number of aromatic nitrogens is 1. The Morgan fingerprint density at radius 1 is 1.30 bits per heavy atom. The molecule has 1 aromatic heterocycles. The summed E-state index contributed by atoms with van der Waals surface area (Å²) in [5, 5.41) is 4.45. The second-order valence-electron chi connectivity index (χ2n) is 5.04. The van der Waals surface area contributed by atoms with Gasteiger partial charge in [-0.1, -0.05) is 38.1 Å². The molecule has 0 aliphatic carbocycles. The maximum absolute atomic E-state index is 5.85. The van der Waals surface area contributed by atoms with E-state index in [0.717, 1.165) is 28.9 Å². The number of hydrogen-bond acceptors (Lipinski definition) is 3. The Hall–Kier alpha value is -1.87. The van der Waals surface area contributed by atoms with Crippen LogP contribution in [0.5, 0.6) is 5.75 Å². The monoisotopic (exact) mass is 270 g/mol. The smallest absolute Gasteiger partial charge is 0.131 e. The molecule has 2 rings (SSSR count). The minimum Gasteiger partial charge on any atom is -0.489 e. The van der Waals surface area contributed by atoms with Crippen molar-refractivity contribution in [1.82, 2.24) is 10.3 Å². The first kappa shape index (κ1) is 14.5. The van der Waals surface area contributed by atoms with E-state index < -0.39 is 0 Å². The molecule has 0 aliphatic rings. The highest BCUT2D eigenvalue weighted by Crippen LogP contribution is 2.25. The Kier molecular flexibility index (Phi) is 5.13. The highest BCUT2D eigenvalue weighted by molar-refractivity contribution is 5.85. The highest BCUT2D eigenvalue weighted by Gasteiger charge is 2.06. The minimum absolute atomic E-state index is 0.440. The maximum Gasteiger partial charge on any atom is 0.131 e. The summed E-state index contributed by atoms with van der Waals surface area (Å²) in [6, 6.07) is 10.6. The van der Waals surface area contributed by atoms with Crippen molar-refractivity contribution < 1.29 is 4.74 Å². The molecule has 0 aliphatic heterocycles. The van der Waals surface area contributed by atoms with E-state index >= 15 is 0 Å². The number of ether oxygens (including phenoxy) is 1. The van der Waals surface area contributed by atoms with Gasteiger partial charge in [0, 0.05) is 24.0 Å². The van der Waals surface area contributed by atoms with Crippen molar-refractivity contribution in [1.29, 1.82) is 0 Å². The van der Waals surface area contributed by atoms with Crippen LogP contribution in [0, 0.1) is 0 Å². The average Bonchev–Trinajstić information content (AvgIpc) is 2.45. The molecule has 1 N–H and O–H groups in total. The lowest BCUT2D eigenvalue weighted by atomic mass is 10.1. The van der Waals surface area contributed by atoms with E-state index in [9.17, 15) is 0 Å². The van der Waals surface area contributed by atoms with E-state index in [0.29, 0.717) is 12.6 Å². The van der Waals surface area contributed by atoms with Crippen LogP contribution in [0.15, 0.2) is 42.5 Å². The first-order valence-corrected chi connectivity index (χ1v) is 7.06. The van der Waals surface area contributed by atoms with Crippen molar-refractivity contribution >= 4 is 10.9 Å². The van der Waals surface area contributed by atoms with Gasteiger partial charge < -0.3 is 10.1 Å². The molecular weight excluding hydrogens is 248 g/mol. The Bertz CT molecular complexity index is 591. The van der Waals surface area contributed by atoms with Gasteiger partial charge in [-0.2, -0.15) is 0 Å². The summed E-state index contributed by atoms with van der Waals surface area (Å²) in [6.07, 6.45) is 3.99. The predicted molar refractivity (Wildman–Crippen MR) is 84.0 cm³/mol. The summed E-state index contributed by atoms with van der Waals surface area (Å²) >= 11 is 0. The summed E-state index contributed by atoms with van der Waals surface area (Å²) in [5.74, 6) is 0.897. The van der Waals surface area contributed by atoms with E-state index in [4.69, 9.17) is 4.74 Å². The fourth-order valence-corrected chi connectivity index (χ4v) is 1.95. The lowest BCUT2D eigenvalue weighted by Gasteiger charge is -2.12. The van der Waals surface area contributed by atoms with Gasteiger partial charge in [0.05, 0.1) is 11.2 Å². The van der Waals surface area contributed by atoms with E-state index in [2.05, 4.69) is 24.1 Å². The first-order valence-electron chi connectivity index (χ1n) is 7.06. The Balaban J connectivity index is 2.30. The summed E-state index contributed by atoms with van der Waals surface area (Å²) in [6.45, 7) is 7.59. The molecule has 0 spiro atoms. The van der Waals surface area contributed by atoms with Gasteiger partial charge in [-0.25, -0.2) is 0 Å². The van der Waals surface area contributed by atoms with Crippen LogP contribution in [0.25, 0.3) is 10.9 Å². The third-order valence-electron chi connectivity index (χ3n) is 2.99. The second-order valence-corrected chi connectivity index (χ2v) is 5.04. The molecule has 0 unspecified atom stereocenters. The number of rotatable bonds is 6. The van der Waals surface area contributed by atoms with Crippen molar-refractivity contribution in [3.05, 3.63) is 48.2 Å². The normalized spacial score (nSPS) is 11.6. The number of fused-ring (bicyclic) bond motifs is 1. The van der Waals surface area contributed by atoms with Gasteiger partial charge in [0.2, 0.25) is 0 Å². The van der Waals surface area contributed by atoms with Gasteiger partial charge in [-0.05, 0) is 19.1 Å². The third-order valence-corrected chi connectivity index (χ3v) is 2.99. The van der Waals surface area contributed by atoms with Crippen LogP contribution < -0.4 is 10.1 Å². The Labute approximate surface area is 120 Å². The van der Waals surface area contributed by atoms with Crippen LogP contribution in [0.2, 0.25) is 0 Å². The van der Waals surface area contributed by atoms with Gasteiger partial charge in [0.1, 0.15) is 12.4 Å². The zero-order valence-corrected chi connectivity index (χ0v) is 12.4. The summed E-state index contributed by atoms with van der Waals surface area (Å²) < 4.78 is 5.85. The van der Waals surface area contributed by atoms with Gasteiger partial charge in [0.15, 0.2) is 0 Å². The standard InChI is InChI=1S/C17H22N2O/c1-4-5-10-20-17-11-14(12-18-13(2)3)19-16-9-7-6-8-15(16)17/h4-9,11,13,18H,10,12H2,1-3H3. The number of hydrogen-bond donors (Lipinski definition) is 1. The topological polar surface area (TPSA) is 34.1 Å². The Morgan fingerprint density at radius 2 is 2.10 bits per heavy atom. The predicted octanol–water partition coefficient (Wildman–Crippen LogP) is 3.69. The summed E-state index contributed by atoms with van der Waals surface area (Å²) in [7, 11) is 0. The molecule has 3 nitrogen and oxygen atoms in total.